The summed E-state index contributed by atoms with van der Waals surface area (Å²) in [5.74, 6) is 0.994. The molecular weight excluding hydrogens is 186 g/mol. The maximum Gasteiger partial charge on any atom is 0.147 e. The molecule has 0 aliphatic rings. The SMILES string of the molecule is CC(C)C(CCS(C)(=O)=O)C(C)N. The van der Waals surface area contributed by atoms with Gasteiger partial charge in [-0.1, -0.05) is 13.8 Å². The van der Waals surface area contributed by atoms with Crippen LogP contribution in [0.4, 0.5) is 0 Å². The lowest BCUT2D eigenvalue weighted by atomic mass is 9.88. The molecule has 0 aliphatic carbocycles. The largest absolute Gasteiger partial charge is 0.328 e. The third kappa shape index (κ3) is 6.05. The molecule has 0 aliphatic heterocycles. The number of sulfone groups is 1. The molecule has 0 saturated carbocycles. The first-order valence-electron chi connectivity index (χ1n) is 4.67. The number of nitrogens with two attached hydrogens (primary N) is 1. The lowest BCUT2D eigenvalue weighted by molar-refractivity contribution is 0.323. The van der Waals surface area contributed by atoms with E-state index in [1.807, 2.05) is 6.92 Å². The average Bonchev–Trinajstić information content (AvgIpc) is 1.82. The maximum atomic E-state index is 10.9. The minimum absolute atomic E-state index is 0.0711. The quantitative estimate of drug-likeness (QED) is 0.733. The zero-order chi connectivity index (χ0) is 10.6. The molecule has 2 unspecified atom stereocenters. The van der Waals surface area contributed by atoms with Gasteiger partial charge in [-0.2, -0.15) is 0 Å². The van der Waals surface area contributed by atoms with E-state index in [1.54, 1.807) is 0 Å². The standard InChI is InChI=1S/C9H21NO2S/c1-7(2)9(8(3)10)5-6-13(4,11)12/h7-9H,5-6,10H2,1-4H3. The van der Waals surface area contributed by atoms with E-state index in [2.05, 4.69) is 13.8 Å². The van der Waals surface area contributed by atoms with E-state index in [-0.39, 0.29) is 11.8 Å². The van der Waals surface area contributed by atoms with Gasteiger partial charge in [-0.25, -0.2) is 8.42 Å². The molecule has 0 aromatic heterocycles. The molecule has 0 spiro atoms. The number of rotatable bonds is 5. The summed E-state index contributed by atoms with van der Waals surface area (Å²) in [5, 5.41) is 0. The van der Waals surface area contributed by atoms with Crippen LogP contribution in [-0.2, 0) is 9.84 Å². The lowest BCUT2D eigenvalue weighted by Crippen LogP contribution is -2.31. The van der Waals surface area contributed by atoms with Gasteiger partial charge in [-0.3, -0.25) is 0 Å². The highest BCUT2D eigenvalue weighted by Crippen LogP contribution is 2.18. The van der Waals surface area contributed by atoms with E-state index in [0.717, 1.165) is 0 Å². The van der Waals surface area contributed by atoms with Gasteiger partial charge in [0.05, 0.1) is 5.75 Å². The van der Waals surface area contributed by atoms with Gasteiger partial charge in [0.15, 0.2) is 0 Å². The fourth-order valence-corrected chi connectivity index (χ4v) is 2.25. The van der Waals surface area contributed by atoms with Crippen LogP contribution in [0.3, 0.4) is 0 Å². The van der Waals surface area contributed by atoms with E-state index in [9.17, 15) is 8.42 Å². The minimum Gasteiger partial charge on any atom is -0.328 e. The van der Waals surface area contributed by atoms with Crippen LogP contribution in [0.15, 0.2) is 0 Å². The molecule has 2 atom stereocenters. The second kappa shape index (κ2) is 4.96. The smallest absolute Gasteiger partial charge is 0.147 e. The summed E-state index contributed by atoms with van der Waals surface area (Å²) in [5.41, 5.74) is 5.77. The lowest BCUT2D eigenvalue weighted by Gasteiger charge is -2.24. The minimum atomic E-state index is -2.84. The summed E-state index contributed by atoms with van der Waals surface area (Å²) < 4.78 is 21.9. The van der Waals surface area contributed by atoms with Gasteiger partial charge in [0, 0.05) is 12.3 Å². The summed E-state index contributed by atoms with van der Waals surface area (Å²) >= 11 is 0. The van der Waals surface area contributed by atoms with Crippen LogP contribution >= 0.6 is 0 Å². The third-order valence-corrected chi connectivity index (χ3v) is 3.33. The summed E-state index contributed by atoms with van der Waals surface area (Å²) in [6, 6.07) is 0.0711. The van der Waals surface area contributed by atoms with E-state index < -0.39 is 9.84 Å². The molecule has 80 valence electrons. The Bertz CT molecular complexity index is 224. The molecule has 0 aromatic carbocycles. The predicted octanol–water partition coefficient (Wildman–Crippen LogP) is 1.04. The van der Waals surface area contributed by atoms with Crippen LogP contribution in [0.2, 0.25) is 0 Å². The fourth-order valence-electron chi connectivity index (χ4n) is 1.55. The first kappa shape index (κ1) is 12.9. The van der Waals surface area contributed by atoms with Crippen molar-refractivity contribution in [2.45, 2.75) is 33.2 Å². The Hall–Kier alpha value is -0.0900. The Labute approximate surface area is 81.6 Å². The van der Waals surface area contributed by atoms with Crippen molar-refractivity contribution in [3.05, 3.63) is 0 Å². The van der Waals surface area contributed by atoms with Gasteiger partial charge < -0.3 is 5.73 Å². The predicted molar refractivity (Wildman–Crippen MR) is 56.3 cm³/mol. The van der Waals surface area contributed by atoms with Crippen LogP contribution in [0.5, 0.6) is 0 Å². The maximum absolute atomic E-state index is 10.9. The molecular formula is C9H21NO2S. The van der Waals surface area contributed by atoms with Crippen molar-refractivity contribution in [3.8, 4) is 0 Å². The molecule has 0 amide bonds. The highest BCUT2D eigenvalue weighted by molar-refractivity contribution is 7.90. The van der Waals surface area contributed by atoms with Gasteiger partial charge in [-0.15, -0.1) is 0 Å². The Morgan fingerprint density at radius 2 is 1.69 bits per heavy atom. The average molecular weight is 207 g/mol. The molecule has 0 aromatic rings. The summed E-state index contributed by atoms with van der Waals surface area (Å²) in [4.78, 5) is 0. The molecule has 3 nitrogen and oxygen atoms in total. The van der Waals surface area contributed by atoms with Crippen molar-refractivity contribution >= 4 is 9.84 Å². The second-order valence-corrected chi connectivity index (χ2v) is 6.45. The van der Waals surface area contributed by atoms with Crippen LogP contribution in [0.1, 0.15) is 27.2 Å². The molecule has 4 heteroatoms. The van der Waals surface area contributed by atoms with E-state index in [4.69, 9.17) is 5.73 Å². The zero-order valence-corrected chi connectivity index (χ0v) is 9.76. The van der Waals surface area contributed by atoms with E-state index in [1.165, 1.54) is 6.26 Å². The Morgan fingerprint density at radius 1 is 1.23 bits per heavy atom. The van der Waals surface area contributed by atoms with Crippen molar-refractivity contribution in [2.24, 2.45) is 17.6 Å². The Balaban J connectivity index is 4.13. The van der Waals surface area contributed by atoms with Crippen LogP contribution in [0.25, 0.3) is 0 Å². The molecule has 0 radical (unpaired) electrons. The summed E-state index contributed by atoms with van der Waals surface area (Å²) in [6.45, 7) is 6.10. The van der Waals surface area contributed by atoms with Crippen LogP contribution in [-0.4, -0.2) is 26.5 Å². The van der Waals surface area contributed by atoms with Crippen LogP contribution < -0.4 is 5.73 Å². The van der Waals surface area contributed by atoms with E-state index >= 15 is 0 Å². The first-order chi connectivity index (χ1) is 5.74. The molecule has 0 rings (SSSR count). The van der Waals surface area contributed by atoms with Gasteiger partial charge in [0.1, 0.15) is 9.84 Å². The second-order valence-electron chi connectivity index (χ2n) is 4.19. The van der Waals surface area contributed by atoms with E-state index in [0.29, 0.717) is 18.3 Å². The van der Waals surface area contributed by atoms with Gasteiger partial charge in [-0.05, 0) is 25.2 Å². The number of hydrogen-bond donors (Lipinski definition) is 1. The Kier molecular flexibility index (Phi) is 4.92. The zero-order valence-electron chi connectivity index (χ0n) is 8.95. The highest BCUT2D eigenvalue weighted by Gasteiger charge is 2.19. The van der Waals surface area contributed by atoms with Crippen molar-refractivity contribution in [3.63, 3.8) is 0 Å². The highest BCUT2D eigenvalue weighted by atomic mass is 32.2. The first-order valence-corrected chi connectivity index (χ1v) is 6.73. The number of hydrogen-bond acceptors (Lipinski definition) is 3. The molecule has 0 saturated heterocycles. The van der Waals surface area contributed by atoms with Gasteiger partial charge >= 0.3 is 0 Å². The fraction of sp³-hybridized carbons (Fsp3) is 1.00. The van der Waals surface area contributed by atoms with Gasteiger partial charge in [0.25, 0.3) is 0 Å². The summed E-state index contributed by atoms with van der Waals surface area (Å²) in [6.07, 6.45) is 1.94. The van der Waals surface area contributed by atoms with Crippen molar-refractivity contribution < 1.29 is 8.42 Å². The van der Waals surface area contributed by atoms with Crippen molar-refractivity contribution in [2.75, 3.05) is 12.0 Å². The van der Waals surface area contributed by atoms with Crippen LogP contribution in [0, 0.1) is 11.8 Å². The Morgan fingerprint density at radius 3 is 1.92 bits per heavy atom. The monoisotopic (exact) mass is 207 g/mol. The molecule has 2 N–H and O–H groups in total. The normalized spacial score (nSPS) is 17.4. The summed E-state index contributed by atoms with van der Waals surface area (Å²) in [7, 11) is -2.84. The third-order valence-electron chi connectivity index (χ3n) is 2.35. The molecule has 0 fully saturated rings. The molecule has 0 heterocycles. The van der Waals surface area contributed by atoms with Crippen molar-refractivity contribution in [1.82, 2.24) is 0 Å². The van der Waals surface area contributed by atoms with Gasteiger partial charge in [0.2, 0.25) is 0 Å². The molecule has 13 heavy (non-hydrogen) atoms. The molecule has 0 bridgehead atoms. The van der Waals surface area contributed by atoms with Crippen molar-refractivity contribution in [1.29, 1.82) is 0 Å². The topological polar surface area (TPSA) is 60.2 Å².